The van der Waals surface area contributed by atoms with Gasteiger partial charge in [-0.15, -0.1) is 0 Å². The fourth-order valence-electron chi connectivity index (χ4n) is 1.42. The Bertz CT molecular complexity index is 328. The quantitative estimate of drug-likeness (QED) is 0.773. The SMILES string of the molecule is O=C(O)c1ccc(N2CCCO2)cc1. The first-order chi connectivity index (χ1) is 6.77. The highest BCUT2D eigenvalue weighted by molar-refractivity contribution is 5.87. The maximum Gasteiger partial charge on any atom is 0.335 e. The zero-order chi connectivity index (χ0) is 9.97. The molecule has 2 rings (SSSR count). The van der Waals surface area contributed by atoms with Gasteiger partial charge in [-0.05, 0) is 30.7 Å². The lowest BCUT2D eigenvalue weighted by Crippen LogP contribution is -2.15. The van der Waals surface area contributed by atoms with Crippen LogP contribution in [0.15, 0.2) is 24.3 Å². The Morgan fingerprint density at radius 3 is 2.57 bits per heavy atom. The Morgan fingerprint density at radius 1 is 1.36 bits per heavy atom. The lowest BCUT2D eigenvalue weighted by atomic mass is 10.2. The summed E-state index contributed by atoms with van der Waals surface area (Å²) in [4.78, 5) is 15.9. The minimum absolute atomic E-state index is 0.299. The Morgan fingerprint density at radius 2 is 2.07 bits per heavy atom. The van der Waals surface area contributed by atoms with Crippen LogP contribution in [0.3, 0.4) is 0 Å². The summed E-state index contributed by atoms with van der Waals surface area (Å²) in [5, 5.41) is 10.5. The molecule has 0 spiro atoms. The van der Waals surface area contributed by atoms with Crippen molar-refractivity contribution in [2.45, 2.75) is 6.42 Å². The highest BCUT2D eigenvalue weighted by atomic mass is 16.7. The van der Waals surface area contributed by atoms with Gasteiger partial charge in [0.2, 0.25) is 0 Å². The number of nitrogens with zero attached hydrogens (tertiary/aromatic N) is 1. The summed E-state index contributed by atoms with van der Waals surface area (Å²) in [5.74, 6) is -0.904. The van der Waals surface area contributed by atoms with Gasteiger partial charge in [-0.1, -0.05) is 0 Å². The van der Waals surface area contributed by atoms with E-state index in [1.165, 1.54) is 0 Å². The van der Waals surface area contributed by atoms with Crippen LogP contribution in [0.4, 0.5) is 5.69 Å². The van der Waals surface area contributed by atoms with Gasteiger partial charge >= 0.3 is 5.97 Å². The summed E-state index contributed by atoms with van der Waals surface area (Å²) < 4.78 is 0. The molecule has 0 atom stereocenters. The van der Waals surface area contributed by atoms with Crippen molar-refractivity contribution in [1.29, 1.82) is 0 Å². The molecule has 0 bridgehead atoms. The van der Waals surface area contributed by atoms with Gasteiger partial charge in [-0.25, -0.2) is 4.79 Å². The standard InChI is InChI=1S/C10H11NO3/c12-10(13)8-2-4-9(5-3-8)11-6-1-7-14-11/h2-5H,1,6-7H2,(H,12,13). The van der Waals surface area contributed by atoms with E-state index in [4.69, 9.17) is 9.94 Å². The lowest BCUT2D eigenvalue weighted by molar-refractivity contribution is 0.0697. The molecule has 0 saturated carbocycles. The first-order valence-corrected chi connectivity index (χ1v) is 4.51. The molecule has 0 unspecified atom stereocenters. The van der Waals surface area contributed by atoms with Gasteiger partial charge in [-0.3, -0.25) is 9.90 Å². The van der Waals surface area contributed by atoms with Gasteiger partial charge in [0.15, 0.2) is 0 Å². The molecule has 4 heteroatoms. The molecule has 1 aliphatic heterocycles. The predicted molar refractivity (Wildman–Crippen MR) is 51.3 cm³/mol. The van der Waals surface area contributed by atoms with E-state index < -0.39 is 5.97 Å². The number of carboxylic acids is 1. The molecule has 1 N–H and O–H groups in total. The van der Waals surface area contributed by atoms with Gasteiger partial charge < -0.3 is 5.11 Å². The number of benzene rings is 1. The van der Waals surface area contributed by atoms with Crippen molar-refractivity contribution in [3.05, 3.63) is 29.8 Å². The van der Waals surface area contributed by atoms with Crippen LogP contribution in [-0.4, -0.2) is 24.2 Å². The van der Waals surface area contributed by atoms with Crippen molar-refractivity contribution in [1.82, 2.24) is 0 Å². The molecule has 0 radical (unpaired) electrons. The van der Waals surface area contributed by atoms with Crippen molar-refractivity contribution in [3.8, 4) is 0 Å². The van der Waals surface area contributed by atoms with Crippen molar-refractivity contribution in [2.24, 2.45) is 0 Å². The number of carbonyl (C=O) groups is 1. The molecular weight excluding hydrogens is 182 g/mol. The second-order valence-corrected chi connectivity index (χ2v) is 3.14. The Kier molecular flexibility index (Phi) is 2.37. The molecule has 0 aliphatic carbocycles. The summed E-state index contributed by atoms with van der Waals surface area (Å²) in [6, 6.07) is 6.68. The normalized spacial score (nSPS) is 15.9. The largest absolute Gasteiger partial charge is 0.478 e. The maximum atomic E-state index is 10.6. The number of carboxylic acid groups (broad SMARTS) is 1. The minimum Gasteiger partial charge on any atom is -0.478 e. The van der Waals surface area contributed by atoms with Crippen LogP contribution in [0.25, 0.3) is 0 Å². The van der Waals surface area contributed by atoms with E-state index in [9.17, 15) is 4.79 Å². The zero-order valence-corrected chi connectivity index (χ0v) is 7.64. The number of rotatable bonds is 2. The van der Waals surface area contributed by atoms with E-state index in [0.29, 0.717) is 5.56 Å². The van der Waals surface area contributed by atoms with Crippen LogP contribution < -0.4 is 5.06 Å². The third-order valence-electron chi connectivity index (χ3n) is 2.15. The van der Waals surface area contributed by atoms with Crippen LogP contribution in [-0.2, 0) is 4.84 Å². The number of hydrogen-bond donors (Lipinski definition) is 1. The molecular formula is C10H11NO3. The van der Waals surface area contributed by atoms with Crippen LogP contribution in [0.2, 0.25) is 0 Å². The molecule has 0 aromatic heterocycles. The molecule has 14 heavy (non-hydrogen) atoms. The molecule has 1 aliphatic rings. The second kappa shape index (κ2) is 3.67. The van der Waals surface area contributed by atoms with Crippen LogP contribution in [0.1, 0.15) is 16.8 Å². The van der Waals surface area contributed by atoms with Gasteiger partial charge in [-0.2, -0.15) is 0 Å². The molecule has 1 saturated heterocycles. The first-order valence-electron chi connectivity index (χ1n) is 4.51. The molecule has 0 amide bonds. The van der Waals surface area contributed by atoms with Crippen molar-refractivity contribution in [3.63, 3.8) is 0 Å². The molecule has 4 nitrogen and oxygen atoms in total. The Balaban J connectivity index is 2.16. The van der Waals surface area contributed by atoms with Crippen LogP contribution in [0.5, 0.6) is 0 Å². The Labute approximate surface area is 81.7 Å². The highest BCUT2D eigenvalue weighted by Crippen LogP contribution is 2.19. The summed E-state index contributed by atoms with van der Waals surface area (Å²) in [7, 11) is 0. The second-order valence-electron chi connectivity index (χ2n) is 3.14. The lowest BCUT2D eigenvalue weighted by Gasteiger charge is -2.15. The van der Waals surface area contributed by atoms with Crippen molar-refractivity contribution >= 4 is 11.7 Å². The summed E-state index contributed by atoms with van der Waals surface area (Å²) in [6.07, 6.45) is 1.01. The van der Waals surface area contributed by atoms with E-state index in [1.54, 1.807) is 29.3 Å². The van der Waals surface area contributed by atoms with E-state index in [1.807, 2.05) is 0 Å². The van der Waals surface area contributed by atoms with Gasteiger partial charge in [0, 0.05) is 6.54 Å². The third-order valence-corrected chi connectivity index (χ3v) is 2.15. The summed E-state index contributed by atoms with van der Waals surface area (Å²) >= 11 is 0. The van der Waals surface area contributed by atoms with Gasteiger partial charge in [0.1, 0.15) is 0 Å². The fourth-order valence-corrected chi connectivity index (χ4v) is 1.42. The fraction of sp³-hybridized carbons (Fsp3) is 0.300. The van der Waals surface area contributed by atoms with Crippen LogP contribution >= 0.6 is 0 Å². The third kappa shape index (κ3) is 1.70. The average Bonchev–Trinajstić information content (AvgIpc) is 2.71. The van der Waals surface area contributed by atoms with E-state index in [2.05, 4.69) is 0 Å². The predicted octanol–water partition coefficient (Wildman–Crippen LogP) is 1.53. The van der Waals surface area contributed by atoms with Crippen molar-refractivity contribution < 1.29 is 14.7 Å². The zero-order valence-electron chi connectivity index (χ0n) is 7.64. The number of anilines is 1. The monoisotopic (exact) mass is 193 g/mol. The van der Waals surface area contributed by atoms with E-state index in [0.717, 1.165) is 25.3 Å². The average molecular weight is 193 g/mol. The van der Waals surface area contributed by atoms with Crippen LogP contribution in [0, 0.1) is 0 Å². The molecule has 74 valence electrons. The van der Waals surface area contributed by atoms with E-state index >= 15 is 0 Å². The molecule has 1 aromatic rings. The number of hydroxylamine groups is 1. The number of hydrogen-bond acceptors (Lipinski definition) is 3. The number of aromatic carboxylic acids is 1. The smallest absolute Gasteiger partial charge is 0.335 e. The Hall–Kier alpha value is -1.55. The highest BCUT2D eigenvalue weighted by Gasteiger charge is 2.13. The molecule has 1 heterocycles. The summed E-state index contributed by atoms with van der Waals surface area (Å²) in [6.45, 7) is 1.60. The first kappa shape index (κ1) is 9.02. The minimum atomic E-state index is -0.904. The molecule has 1 fully saturated rings. The maximum absolute atomic E-state index is 10.6. The van der Waals surface area contributed by atoms with Crippen molar-refractivity contribution in [2.75, 3.05) is 18.2 Å². The van der Waals surface area contributed by atoms with E-state index in [-0.39, 0.29) is 0 Å². The molecule has 1 aromatic carbocycles. The van der Waals surface area contributed by atoms with Gasteiger partial charge in [0.25, 0.3) is 0 Å². The summed E-state index contributed by atoms with van der Waals surface area (Å²) in [5.41, 5.74) is 1.21. The van der Waals surface area contributed by atoms with Gasteiger partial charge in [0.05, 0.1) is 17.9 Å². The topological polar surface area (TPSA) is 49.8 Å².